The predicted octanol–water partition coefficient (Wildman–Crippen LogP) is 4.79. The van der Waals surface area contributed by atoms with Crippen molar-refractivity contribution < 1.29 is 9.84 Å². The first-order valence-electron chi connectivity index (χ1n) is 6.42. The summed E-state index contributed by atoms with van der Waals surface area (Å²) in [6.45, 7) is 2.78. The molecule has 0 fully saturated rings. The van der Waals surface area contributed by atoms with Crippen LogP contribution < -0.4 is 4.74 Å². The minimum Gasteiger partial charge on any atom is -0.493 e. The van der Waals surface area contributed by atoms with Gasteiger partial charge in [0.2, 0.25) is 0 Å². The summed E-state index contributed by atoms with van der Waals surface area (Å²) in [6.07, 6.45) is 1.03. The van der Waals surface area contributed by atoms with E-state index in [9.17, 15) is 5.11 Å². The third-order valence-corrected chi connectivity index (χ3v) is 6.14. The zero-order valence-corrected chi connectivity index (χ0v) is 14.9. The molecule has 1 aliphatic rings. The largest absolute Gasteiger partial charge is 0.493 e. The molecule has 1 atom stereocenters. The van der Waals surface area contributed by atoms with E-state index in [2.05, 4.69) is 37.9 Å². The first-order chi connectivity index (χ1) is 9.54. The lowest BCUT2D eigenvalue weighted by atomic mass is 10.0. The highest BCUT2D eigenvalue weighted by Crippen LogP contribution is 2.37. The molecule has 106 valence electrons. The Kier molecular flexibility index (Phi) is 4.22. The number of fused-ring (bicyclic) bond motifs is 1. The normalized spacial score (nSPS) is 15.0. The predicted molar refractivity (Wildman–Crippen MR) is 88.8 cm³/mol. The molecule has 0 amide bonds. The van der Waals surface area contributed by atoms with Crippen molar-refractivity contribution in [2.24, 2.45) is 0 Å². The van der Waals surface area contributed by atoms with Crippen LogP contribution in [0.15, 0.2) is 27.1 Å². The summed E-state index contributed by atoms with van der Waals surface area (Å²) in [6, 6.07) is 6.15. The van der Waals surface area contributed by atoms with Gasteiger partial charge in [-0.05, 0) is 52.2 Å². The smallest absolute Gasteiger partial charge is 0.125 e. The van der Waals surface area contributed by atoms with Crippen LogP contribution in [0.3, 0.4) is 0 Å². The molecular weight excluding hydrogens is 404 g/mol. The van der Waals surface area contributed by atoms with Crippen LogP contribution in [-0.4, -0.2) is 11.7 Å². The molecule has 20 heavy (non-hydrogen) atoms. The molecule has 0 spiro atoms. The number of halogens is 2. The third kappa shape index (κ3) is 2.82. The molecule has 1 aliphatic heterocycles. The molecule has 0 saturated carbocycles. The summed E-state index contributed by atoms with van der Waals surface area (Å²) in [7, 11) is 0. The summed E-state index contributed by atoms with van der Waals surface area (Å²) >= 11 is 8.66. The summed E-state index contributed by atoms with van der Waals surface area (Å²) in [5, 5.41) is 10.5. The Morgan fingerprint density at radius 2 is 2.15 bits per heavy atom. The molecule has 2 nitrogen and oxygen atoms in total. The van der Waals surface area contributed by atoms with E-state index in [1.807, 2.05) is 19.1 Å². The number of aryl methyl sites for hydroxylation is 1. The van der Waals surface area contributed by atoms with Crippen LogP contribution in [0.25, 0.3) is 0 Å². The molecule has 1 aromatic carbocycles. The van der Waals surface area contributed by atoms with Crippen LogP contribution in [0.5, 0.6) is 5.75 Å². The van der Waals surface area contributed by atoms with Gasteiger partial charge in [-0.25, -0.2) is 0 Å². The van der Waals surface area contributed by atoms with E-state index in [0.29, 0.717) is 6.42 Å². The zero-order chi connectivity index (χ0) is 14.3. The van der Waals surface area contributed by atoms with Gasteiger partial charge in [-0.3, -0.25) is 0 Å². The summed E-state index contributed by atoms with van der Waals surface area (Å²) < 4.78 is 7.82. The average molecular weight is 418 g/mol. The van der Waals surface area contributed by atoms with E-state index in [1.165, 1.54) is 10.4 Å². The van der Waals surface area contributed by atoms with Crippen molar-refractivity contribution in [3.63, 3.8) is 0 Å². The number of benzene rings is 1. The second kappa shape index (κ2) is 5.79. The van der Waals surface area contributed by atoms with Gasteiger partial charge in [0.1, 0.15) is 5.75 Å². The monoisotopic (exact) mass is 416 g/mol. The average Bonchev–Trinajstić information content (AvgIpc) is 2.97. The van der Waals surface area contributed by atoms with Crippen LogP contribution in [-0.2, 0) is 12.8 Å². The maximum absolute atomic E-state index is 10.5. The molecule has 0 aliphatic carbocycles. The SMILES string of the molecule is Cc1sc(C(O)Cc2cc(Br)cc3c2OCC3)cc1Br. The molecule has 3 rings (SSSR count). The summed E-state index contributed by atoms with van der Waals surface area (Å²) in [5.74, 6) is 0.958. The fourth-order valence-corrected chi connectivity index (χ4v) is 4.55. The van der Waals surface area contributed by atoms with Crippen LogP contribution in [0.2, 0.25) is 0 Å². The van der Waals surface area contributed by atoms with E-state index >= 15 is 0 Å². The molecule has 1 unspecified atom stereocenters. The molecule has 0 saturated heterocycles. The summed E-state index contributed by atoms with van der Waals surface area (Å²) in [5.41, 5.74) is 2.30. The molecule has 5 heteroatoms. The second-order valence-corrected chi connectivity index (χ2v) is 7.98. The molecule has 1 N–H and O–H groups in total. The van der Waals surface area contributed by atoms with Gasteiger partial charge < -0.3 is 9.84 Å². The van der Waals surface area contributed by atoms with Crippen molar-refractivity contribution in [3.8, 4) is 5.75 Å². The Balaban J connectivity index is 1.88. The number of ether oxygens (including phenoxy) is 1. The van der Waals surface area contributed by atoms with Crippen LogP contribution in [0.4, 0.5) is 0 Å². The lowest BCUT2D eigenvalue weighted by Crippen LogP contribution is -2.01. The number of aliphatic hydroxyl groups is 1. The second-order valence-electron chi connectivity index (χ2n) is 4.92. The van der Waals surface area contributed by atoms with Crippen molar-refractivity contribution in [2.45, 2.75) is 25.9 Å². The Morgan fingerprint density at radius 1 is 1.35 bits per heavy atom. The van der Waals surface area contributed by atoms with Crippen LogP contribution in [0, 0.1) is 6.92 Å². The van der Waals surface area contributed by atoms with Crippen LogP contribution in [0.1, 0.15) is 27.0 Å². The van der Waals surface area contributed by atoms with Crippen LogP contribution >= 0.6 is 43.2 Å². The molecule has 1 aromatic heterocycles. The van der Waals surface area contributed by atoms with Gasteiger partial charge in [0.15, 0.2) is 0 Å². The van der Waals surface area contributed by atoms with Gasteiger partial charge >= 0.3 is 0 Å². The Hall–Kier alpha value is -0.360. The first kappa shape index (κ1) is 14.6. The number of rotatable bonds is 3. The quantitative estimate of drug-likeness (QED) is 0.777. The maximum atomic E-state index is 10.5. The van der Waals surface area contributed by atoms with E-state index in [-0.39, 0.29) is 0 Å². The van der Waals surface area contributed by atoms with Gasteiger partial charge in [0.05, 0.1) is 12.7 Å². The topological polar surface area (TPSA) is 29.5 Å². The van der Waals surface area contributed by atoms with E-state index in [1.54, 1.807) is 11.3 Å². The van der Waals surface area contributed by atoms with Crippen molar-refractivity contribution in [1.29, 1.82) is 0 Å². The number of thiophene rings is 1. The Labute approximate surface area is 139 Å². The van der Waals surface area contributed by atoms with Gasteiger partial charge in [-0.15, -0.1) is 11.3 Å². The molecule has 0 bridgehead atoms. The van der Waals surface area contributed by atoms with Gasteiger partial charge in [0.25, 0.3) is 0 Å². The van der Waals surface area contributed by atoms with E-state index in [0.717, 1.165) is 38.2 Å². The minimum absolute atomic E-state index is 0.493. The zero-order valence-electron chi connectivity index (χ0n) is 11.0. The highest BCUT2D eigenvalue weighted by atomic mass is 79.9. The highest BCUT2D eigenvalue weighted by Gasteiger charge is 2.21. The molecular formula is C15H14Br2O2S. The van der Waals surface area contributed by atoms with Crippen molar-refractivity contribution in [1.82, 2.24) is 0 Å². The van der Waals surface area contributed by atoms with E-state index in [4.69, 9.17) is 4.74 Å². The van der Waals surface area contributed by atoms with Crippen molar-refractivity contribution in [3.05, 3.63) is 48.0 Å². The Morgan fingerprint density at radius 3 is 2.85 bits per heavy atom. The molecule has 2 aromatic rings. The van der Waals surface area contributed by atoms with E-state index < -0.39 is 6.10 Å². The number of hydrogen-bond acceptors (Lipinski definition) is 3. The summed E-state index contributed by atoms with van der Waals surface area (Å²) in [4.78, 5) is 2.18. The maximum Gasteiger partial charge on any atom is 0.125 e. The fraction of sp³-hybridized carbons (Fsp3) is 0.333. The van der Waals surface area contributed by atoms with Gasteiger partial charge in [-0.2, -0.15) is 0 Å². The number of aliphatic hydroxyl groups excluding tert-OH is 1. The standard InChI is InChI=1S/C15H14Br2O2S/c1-8-12(17)7-14(20-8)13(18)6-10-5-11(16)4-9-2-3-19-15(9)10/h4-5,7,13,18H,2-3,6H2,1H3. The lowest BCUT2D eigenvalue weighted by molar-refractivity contribution is 0.181. The number of hydrogen-bond donors (Lipinski definition) is 1. The lowest BCUT2D eigenvalue weighted by Gasteiger charge is -2.12. The molecule has 2 heterocycles. The van der Waals surface area contributed by atoms with Crippen molar-refractivity contribution >= 4 is 43.2 Å². The first-order valence-corrected chi connectivity index (χ1v) is 8.83. The fourth-order valence-electron chi connectivity index (χ4n) is 2.45. The highest BCUT2D eigenvalue weighted by molar-refractivity contribution is 9.10. The Bertz CT molecular complexity index is 632. The minimum atomic E-state index is -0.493. The van der Waals surface area contributed by atoms with Crippen molar-refractivity contribution in [2.75, 3.05) is 6.61 Å². The third-order valence-electron chi connectivity index (χ3n) is 3.44. The molecule has 0 radical (unpaired) electrons. The van der Waals surface area contributed by atoms with Gasteiger partial charge in [0, 0.05) is 31.5 Å². The van der Waals surface area contributed by atoms with Gasteiger partial charge in [-0.1, -0.05) is 15.9 Å².